The van der Waals surface area contributed by atoms with Gasteiger partial charge < -0.3 is 9.47 Å². The van der Waals surface area contributed by atoms with E-state index in [4.69, 9.17) is 0 Å². The molecule has 0 radical (unpaired) electrons. The van der Waals surface area contributed by atoms with Crippen LogP contribution in [-0.4, -0.2) is 39.6 Å². The van der Waals surface area contributed by atoms with Gasteiger partial charge in [-0.3, -0.25) is 0 Å². The van der Waals surface area contributed by atoms with E-state index in [-0.39, 0.29) is 0 Å². The molecule has 0 bridgehead atoms. The van der Waals surface area contributed by atoms with Gasteiger partial charge in [0.15, 0.2) is 10.8 Å². The Morgan fingerprint density at radius 3 is 3.06 bits per heavy atom. The van der Waals surface area contributed by atoms with Gasteiger partial charge in [-0.05, 0) is 26.4 Å². The summed E-state index contributed by atoms with van der Waals surface area (Å²) in [5.41, 5.74) is 0. The monoisotopic (exact) mass is 248 g/mol. The lowest BCUT2D eigenvalue weighted by molar-refractivity contribution is 0.213. The smallest absolute Gasteiger partial charge is 0.169 e. The molecule has 0 aromatic carbocycles. The summed E-state index contributed by atoms with van der Waals surface area (Å²) >= 11 is 1.65. The van der Waals surface area contributed by atoms with Crippen molar-refractivity contribution in [2.45, 2.75) is 18.9 Å². The van der Waals surface area contributed by atoms with Crippen LogP contribution in [0.15, 0.2) is 24.0 Å². The quantitative estimate of drug-likeness (QED) is 0.817. The lowest BCUT2D eigenvalue weighted by atomic mass is 10.1. The fourth-order valence-corrected chi connectivity index (χ4v) is 3.11. The van der Waals surface area contributed by atoms with Gasteiger partial charge in [0.2, 0.25) is 0 Å². The molecule has 1 saturated heterocycles. The SMILES string of the molecule is CN1CCCC(n2ccnc2-c2nccs2)C1. The fourth-order valence-electron chi connectivity index (χ4n) is 2.47. The third kappa shape index (κ3) is 2.12. The molecular formula is C12H16N4S. The maximum Gasteiger partial charge on any atom is 0.169 e. The van der Waals surface area contributed by atoms with Crippen molar-refractivity contribution in [1.82, 2.24) is 19.4 Å². The first-order valence-corrected chi connectivity index (χ1v) is 6.84. The molecule has 3 heterocycles. The topological polar surface area (TPSA) is 34.0 Å². The number of aromatic nitrogens is 3. The molecule has 0 saturated carbocycles. The third-order valence-electron chi connectivity index (χ3n) is 3.29. The summed E-state index contributed by atoms with van der Waals surface area (Å²) in [5.74, 6) is 1.01. The number of thiazole rings is 1. The standard InChI is InChI=1S/C12H16N4S/c1-15-6-2-3-10(9-15)16-7-4-13-11(16)12-14-5-8-17-12/h4-5,7-8,10H,2-3,6,9H2,1H3. The minimum absolute atomic E-state index is 0.537. The van der Waals surface area contributed by atoms with Crippen molar-refractivity contribution in [3.8, 4) is 10.8 Å². The number of rotatable bonds is 2. The number of piperidine rings is 1. The van der Waals surface area contributed by atoms with Gasteiger partial charge in [-0.15, -0.1) is 11.3 Å². The molecule has 1 fully saturated rings. The van der Waals surface area contributed by atoms with Crippen molar-refractivity contribution in [2.24, 2.45) is 0 Å². The first kappa shape index (κ1) is 10.9. The van der Waals surface area contributed by atoms with Crippen molar-refractivity contribution in [3.63, 3.8) is 0 Å². The molecule has 0 aliphatic carbocycles. The molecule has 1 aliphatic rings. The zero-order valence-electron chi connectivity index (χ0n) is 9.91. The second-order valence-electron chi connectivity index (χ2n) is 4.55. The van der Waals surface area contributed by atoms with Crippen LogP contribution in [0.4, 0.5) is 0 Å². The van der Waals surface area contributed by atoms with Gasteiger partial charge in [-0.2, -0.15) is 0 Å². The van der Waals surface area contributed by atoms with Gasteiger partial charge in [0.25, 0.3) is 0 Å². The highest BCUT2D eigenvalue weighted by atomic mass is 32.1. The molecule has 17 heavy (non-hydrogen) atoms. The largest absolute Gasteiger partial charge is 0.325 e. The van der Waals surface area contributed by atoms with Crippen molar-refractivity contribution in [2.75, 3.05) is 20.1 Å². The van der Waals surface area contributed by atoms with Crippen LogP contribution in [0, 0.1) is 0 Å². The Bertz CT molecular complexity index is 476. The van der Waals surface area contributed by atoms with Gasteiger partial charge >= 0.3 is 0 Å². The summed E-state index contributed by atoms with van der Waals surface area (Å²) in [6.45, 7) is 2.31. The van der Waals surface area contributed by atoms with Crippen LogP contribution in [0.1, 0.15) is 18.9 Å². The molecule has 0 N–H and O–H groups in total. The first-order valence-electron chi connectivity index (χ1n) is 5.96. The third-order valence-corrected chi connectivity index (χ3v) is 4.05. The van der Waals surface area contributed by atoms with Crippen molar-refractivity contribution in [1.29, 1.82) is 0 Å². The average molecular weight is 248 g/mol. The summed E-state index contributed by atoms with van der Waals surface area (Å²) in [6.07, 6.45) is 8.30. The van der Waals surface area contributed by atoms with Crippen molar-refractivity contribution < 1.29 is 0 Å². The van der Waals surface area contributed by atoms with Crippen LogP contribution in [0.5, 0.6) is 0 Å². The highest BCUT2D eigenvalue weighted by Gasteiger charge is 2.21. The molecule has 0 spiro atoms. The minimum Gasteiger partial charge on any atom is -0.325 e. The number of hydrogen-bond donors (Lipinski definition) is 0. The van der Waals surface area contributed by atoms with Crippen LogP contribution >= 0.6 is 11.3 Å². The van der Waals surface area contributed by atoms with E-state index in [1.54, 1.807) is 11.3 Å². The second-order valence-corrected chi connectivity index (χ2v) is 5.45. The fraction of sp³-hybridized carbons (Fsp3) is 0.500. The Morgan fingerprint density at radius 2 is 2.29 bits per heavy atom. The number of imidazole rings is 1. The van der Waals surface area contributed by atoms with Crippen LogP contribution in [0.2, 0.25) is 0 Å². The summed E-state index contributed by atoms with van der Waals surface area (Å²) in [7, 11) is 2.19. The number of hydrogen-bond acceptors (Lipinski definition) is 4. The molecule has 3 rings (SSSR count). The summed E-state index contributed by atoms with van der Waals surface area (Å²) in [4.78, 5) is 11.2. The van der Waals surface area contributed by atoms with Crippen LogP contribution in [-0.2, 0) is 0 Å². The Labute approximate surface area is 105 Å². The van der Waals surface area contributed by atoms with Gasteiger partial charge in [-0.25, -0.2) is 9.97 Å². The van der Waals surface area contributed by atoms with E-state index in [1.807, 2.05) is 17.8 Å². The number of likely N-dealkylation sites (N-methyl/N-ethyl adjacent to an activating group) is 1. The molecule has 1 aliphatic heterocycles. The highest BCUT2D eigenvalue weighted by molar-refractivity contribution is 7.13. The molecule has 0 amide bonds. The van der Waals surface area contributed by atoms with Gasteiger partial charge in [0.05, 0.1) is 0 Å². The molecular weight excluding hydrogens is 232 g/mol. The molecule has 1 atom stereocenters. The zero-order chi connectivity index (χ0) is 11.7. The first-order chi connectivity index (χ1) is 8.34. The number of nitrogens with zero attached hydrogens (tertiary/aromatic N) is 4. The van der Waals surface area contributed by atoms with E-state index in [0.29, 0.717) is 6.04 Å². The van der Waals surface area contributed by atoms with Crippen molar-refractivity contribution >= 4 is 11.3 Å². The van der Waals surface area contributed by atoms with E-state index >= 15 is 0 Å². The Hall–Kier alpha value is -1.20. The predicted octanol–water partition coefficient (Wildman–Crippen LogP) is 2.27. The average Bonchev–Trinajstić information content (AvgIpc) is 3.00. The van der Waals surface area contributed by atoms with Gasteiger partial charge in [0, 0.05) is 36.6 Å². The molecule has 90 valence electrons. The van der Waals surface area contributed by atoms with E-state index in [9.17, 15) is 0 Å². The molecule has 2 aromatic rings. The van der Waals surface area contributed by atoms with E-state index < -0.39 is 0 Å². The lowest BCUT2D eigenvalue weighted by Crippen LogP contribution is -2.33. The maximum absolute atomic E-state index is 4.45. The van der Waals surface area contributed by atoms with Gasteiger partial charge in [-0.1, -0.05) is 0 Å². The lowest BCUT2D eigenvalue weighted by Gasteiger charge is -2.31. The van der Waals surface area contributed by atoms with Gasteiger partial charge in [0.1, 0.15) is 0 Å². The maximum atomic E-state index is 4.45. The number of likely N-dealkylation sites (tertiary alicyclic amines) is 1. The summed E-state index contributed by atoms with van der Waals surface area (Å²) in [6, 6.07) is 0.537. The Kier molecular flexibility index (Phi) is 2.94. The molecule has 2 aromatic heterocycles. The normalized spacial score (nSPS) is 21.8. The van der Waals surface area contributed by atoms with Crippen LogP contribution in [0.3, 0.4) is 0 Å². The Balaban J connectivity index is 1.91. The highest BCUT2D eigenvalue weighted by Crippen LogP contribution is 2.27. The van der Waals surface area contributed by atoms with Crippen molar-refractivity contribution in [3.05, 3.63) is 24.0 Å². The zero-order valence-corrected chi connectivity index (χ0v) is 10.7. The molecule has 1 unspecified atom stereocenters. The van der Waals surface area contributed by atoms with E-state index in [0.717, 1.165) is 17.4 Å². The van der Waals surface area contributed by atoms with Crippen LogP contribution in [0.25, 0.3) is 10.8 Å². The van der Waals surface area contributed by atoms with E-state index in [2.05, 4.69) is 32.7 Å². The van der Waals surface area contributed by atoms with Crippen LogP contribution < -0.4 is 0 Å². The second kappa shape index (κ2) is 4.58. The summed E-state index contributed by atoms with van der Waals surface area (Å²) < 4.78 is 2.29. The Morgan fingerprint density at radius 1 is 1.35 bits per heavy atom. The predicted molar refractivity (Wildman–Crippen MR) is 69.1 cm³/mol. The minimum atomic E-state index is 0.537. The van der Waals surface area contributed by atoms with E-state index in [1.165, 1.54) is 19.4 Å². The molecule has 4 nitrogen and oxygen atoms in total. The summed E-state index contributed by atoms with van der Waals surface area (Å²) in [5, 5.41) is 3.02. The molecule has 5 heteroatoms.